The number of rotatable bonds is 11. The molecule has 0 aromatic carbocycles. The number of aromatic nitrogens is 1. The first-order valence-electron chi connectivity index (χ1n) is 10.1. The molecule has 5 nitrogen and oxygen atoms in total. The molecule has 0 radical (unpaired) electrons. The minimum atomic E-state index is -0.400. The Hall–Kier alpha value is -1.43. The summed E-state index contributed by atoms with van der Waals surface area (Å²) in [6.45, 7) is 14.2. The maximum Gasteiger partial charge on any atom is 0.357 e. The SMILES string of the molecule is CCCCCN(Cc1nc(C(=O)OCC)cs1)C(=O)CC(C)CC(C)(C)C. The summed E-state index contributed by atoms with van der Waals surface area (Å²) < 4.78 is 5.00. The number of amides is 1. The first-order chi connectivity index (χ1) is 12.7. The van der Waals surface area contributed by atoms with Crippen LogP contribution >= 0.6 is 11.3 Å². The van der Waals surface area contributed by atoms with Crippen LogP contribution in [0.15, 0.2) is 5.38 Å². The van der Waals surface area contributed by atoms with E-state index in [2.05, 4.69) is 39.6 Å². The first kappa shape index (κ1) is 23.6. The molecule has 0 bridgehead atoms. The van der Waals surface area contributed by atoms with Crippen LogP contribution in [0.25, 0.3) is 0 Å². The van der Waals surface area contributed by atoms with Crippen LogP contribution in [-0.2, 0) is 16.1 Å². The molecule has 1 aromatic rings. The molecular weight excluding hydrogens is 360 g/mol. The van der Waals surface area contributed by atoms with E-state index in [0.717, 1.165) is 37.2 Å². The van der Waals surface area contributed by atoms with Crippen LogP contribution in [0.1, 0.15) is 89.1 Å². The van der Waals surface area contributed by atoms with E-state index < -0.39 is 5.97 Å². The van der Waals surface area contributed by atoms with Gasteiger partial charge in [0.2, 0.25) is 5.91 Å². The lowest BCUT2D eigenvalue weighted by Gasteiger charge is -2.26. The zero-order chi connectivity index (χ0) is 20.4. The van der Waals surface area contributed by atoms with Crippen LogP contribution < -0.4 is 0 Å². The Morgan fingerprint density at radius 1 is 1.26 bits per heavy atom. The summed E-state index contributed by atoms with van der Waals surface area (Å²) in [4.78, 5) is 31.0. The number of hydrogen-bond donors (Lipinski definition) is 0. The molecule has 1 unspecified atom stereocenters. The van der Waals surface area contributed by atoms with Gasteiger partial charge in [-0.15, -0.1) is 11.3 Å². The molecule has 0 saturated heterocycles. The summed E-state index contributed by atoms with van der Waals surface area (Å²) in [5.74, 6) is 0.121. The van der Waals surface area contributed by atoms with Crippen molar-refractivity contribution in [2.45, 2.75) is 80.2 Å². The Kier molecular flexibility index (Phi) is 9.99. The van der Waals surface area contributed by atoms with Crippen LogP contribution in [0.4, 0.5) is 0 Å². The third-order valence-electron chi connectivity index (χ3n) is 4.23. The van der Waals surface area contributed by atoms with E-state index in [1.807, 2.05) is 4.90 Å². The highest BCUT2D eigenvalue weighted by molar-refractivity contribution is 7.09. The topological polar surface area (TPSA) is 59.5 Å². The summed E-state index contributed by atoms with van der Waals surface area (Å²) in [7, 11) is 0. The average Bonchev–Trinajstić information content (AvgIpc) is 3.01. The second-order valence-corrected chi connectivity index (χ2v) is 9.39. The van der Waals surface area contributed by atoms with Crippen molar-refractivity contribution >= 4 is 23.2 Å². The Bertz CT molecular complexity index is 592. The molecule has 154 valence electrons. The molecule has 1 amide bonds. The van der Waals surface area contributed by atoms with E-state index in [1.165, 1.54) is 11.3 Å². The van der Waals surface area contributed by atoms with E-state index >= 15 is 0 Å². The minimum absolute atomic E-state index is 0.177. The predicted octanol–water partition coefficient (Wildman–Crippen LogP) is 5.30. The minimum Gasteiger partial charge on any atom is -0.461 e. The second-order valence-electron chi connectivity index (χ2n) is 8.44. The highest BCUT2D eigenvalue weighted by Gasteiger charge is 2.22. The van der Waals surface area contributed by atoms with E-state index in [0.29, 0.717) is 31.2 Å². The fourth-order valence-corrected chi connectivity index (χ4v) is 4.01. The summed E-state index contributed by atoms with van der Waals surface area (Å²) in [6.07, 6.45) is 4.79. The van der Waals surface area contributed by atoms with E-state index in [1.54, 1.807) is 12.3 Å². The molecular formula is C21H36N2O3S. The number of esters is 1. The molecule has 0 aliphatic heterocycles. The van der Waals surface area contributed by atoms with Crippen molar-refractivity contribution in [2.24, 2.45) is 11.3 Å². The van der Waals surface area contributed by atoms with Gasteiger partial charge in [0.15, 0.2) is 5.69 Å². The van der Waals surface area contributed by atoms with Gasteiger partial charge in [-0.25, -0.2) is 9.78 Å². The van der Waals surface area contributed by atoms with Crippen LogP contribution in [0, 0.1) is 11.3 Å². The lowest BCUT2D eigenvalue weighted by molar-refractivity contribution is -0.133. The van der Waals surface area contributed by atoms with Gasteiger partial charge in [-0.2, -0.15) is 0 Å². The van der Waals surface area contributed by atoms with Gasteiger partial charge in [-0.05, 0) is 31.1 Å². The van der Waals surface area contributed by atoms with Crippen molar-refractivity contribution in [1.29, 1.82) is 0 Å². The molecule has 1 aromatic heterocycles. The molecule has 0 aliphatic rings. The molecule has 0 spiro atoms. The number of ether oxygens (including phenoxy) is 1. The number of nitrogens with zero attached hydrogens (tertiary/aromatic N) is 2. The Morgan fingerprint density at radius 3 is 2.56 bits per heavy atom. The molecule has 0 fully saturated rings. The Morgan fingerprint density at radius 2 is 1.96 bits per heavy atom. The Labute approximate surface area is 168 Å². The molecule has 0 saturated carbocycles. The van der Waals surface area contributed by atoms with Gasteiger partial charge in [-0.1, -0.05) is 47.5 Å². The Balaban J connectivity index is 2.75. The highest BCUT2D eigenvalue weighted by Crippen LogP contribution is 2.26. The van der Waals surface area contributed by atoms with Crippen molar-refractivity contribution in [3.8, 4) is 0 Å². The molecule has 1 heterocycles. The van der Waals surface area contributed by atoms with Crippen LogP contribution in [0.5, 0.6) is 0 Å². The largest absolute Gasteiger partial charge is 0.461 e. The zero-order valence-electron chi connectivity index (χ0n) is 17.8. The van der Waals surface area contributed by atoms with Gasteiger partial charge in [0.05, 0.1) is 13.2 Å². The molecule has 6 heteroatoms. The van der Waals surface area contributed by atoms with E-state index in [-0.39, 0.29) is 11.3 Å². The van der Waals surface area contributed by atoms with Crippen molar-refractivity contribution < 1.29 is 14.3 Å². The van der Waals surface area contributed by atoms with Gasteiger partial charge in [0.25, 0.3) is 0 Å². The lowest BCUT2D eigenvalue weighted by atomic mass is 9.84. The van der Waals surface area contributed by atoms with Gasteiger partial charge in [-0.3, -0.25) is 4.79 Å². The van der Waals surface area contributed by atoms with E-state index in [9.17, 15) is 9.59 Å². The third-order valence-corrected chi connectivity index (χ3v) is 5.06. The molecule has 1 rings (SSSR count). The summed E-state index contributed by atoms with van der Waals surface area (Å²) >= 11 is 1.41. The number of carbonyl (C=O) groups excluding carboxylic acids is 2. The molecule has 1 atom stereocenters. The maximum atomic E-state index is 12.9. The number of hydrogen-bond acceptors (Lipinski definition) is 5. The number of carbonyl (C=O) groups is 2. The summed E-state index contributed by atoms with van der Waals surface area (Å²) in [6, 6.07) is 0. The fourth-order valence-electron chi connectivity index (χ4n) is 3.23. The summed E-state index contributed by atoms with van der Waals surface area (Å²) in [5, 5.41) is 2.50. The monoisotopic (exact) mass is 396 g/mol. The predicted molar refractivity (Wildman–Crippen MR) is 111 cm³/mol. The molecule has 0 N–H and O–H groups in total. The van der Waals surface area contributed by atoms with Crippen LogP contribution in [-0.4, -0.2) is 34.9 Å². The van der Waals surface area contributed by atoms with Crippen molar-refractivity contribution in [3.05, 3.63) is 16.1 Å². The van der Waals surface area contributed by atoms with Crippen molar-refractivity contribution in [3.63, 3.8) is 0 Å². The number of unbranched alkanes of at least 4 members (excludes halogenated alkanes) is 2. The normalized spacial score (nSPS) is 12.7. The highest BCUT2D eigenvalue weighted by atomic mass is 32.1. The summed E-state index contributed by atoms with van der Waals surface area (Å²) in [5.41, 5.74) is 0.551. The van der Waals surface area contributed by atoms with Crippen LogP contribution in [0.3, 0.4) is 0 Å². The quantitative estimate of drug-likeness (QED) is 0.376. The van der Waals surface area contributed by atoms with E-state index in [4.69, 9.17) is 4.74 Å². The van der Waals surface area contributed by atoms with Crippen LogP contribution in [0.2, 0.25) is 0 Å². The van der Waals surface area contributed by atoms with Crippen molar-refractivity contribution in [2.75, 3.05) is 13.2 Å². The zero-order valence-corrected chi connectivity index (χ0v) is 18.7. The molecule has 27 heavy (non-hydrogen) atoms. The number of thiazole rings is 1. The van der Waals surface area contributed by atoms with Gasteiger partial charge < -0.3 is 9.64 Å². The molecule has 0 aliphatic carbocycles. The third kappa shape index (κ3) is 9.36. The maximum absolute atomic E-state index is 12.9. The van der Waals surface area contributed by atoms with Crippen molar-refractivity contribution in [1.82, 2.24) is 9.88 Å². The first-order valence-corrected chi connectivity index (χ1v) is 10.9. The second kappa shape index (κ2) is 11.4. The van der Waals surface area contributed by atoms with Gasteiger partial charge in [0, 0.05) is 18.3 Å². The smallest absolute Gasteiger partial charge is 0.357 e. The average molecular weight is 397 g/mol. The standard InChI is InChI=1S/C21H36N2O3S/c1-7-9-10-11-23(19(24)12-16(3)13-21(4,5)6)14-18-22-17(15-27-18)20(25)26-8-2/h15-16H,7-14H2,1-6H3. The fraction of sp³-hybridized carbons (Fsp3) is 0.762. The lowest BCUT2D eigenvalue weighted by Crippen LogP contribution is -2.33. The van der Waals surface area contributed by atoms with Gasteiger partial charge >= 0.3 is 5.97 Å². The van der Waals surface area contributed by atoms with Gasteiger partial charge in [0.1, 0.15) is 5.01 Å².